The number of pyridine rings is 1. The van der Waals surface area contributed by atoms with E-state index >= 15 is 0 Å². The molecule has 0 bridgehead atoms. The van der Waals surface area contributed by atoms with E-state index in [9.17, 15) is 0 Å². The van der Waals surface area contributed by atoms with Crippen LogP contribution in [0, 0.1) is 5.41 Å². The fraction of sp³-hybridized carbons (Fsp3) is 0.0667. The van der Waals surface area contributed by atoms with Crippen molar-refractivity contribution in [1.82, 2.24) is 15.0 Å². The molecule has 0 fully saturated rings. The maximum Gasteiger partial charge on any atom is 0.227 e. The monoisotopic (exact) mass is 273 g/mol. The number of aliphatic imine (C=N–C) groups is 1. The molecule has 0 atom stereocenters. The molecule has 2 N–H and O–H groups in total. The maximum absolute atomic E-state index is 7.09. The van der Waals surface area contributed by atoms with Gasteiger partial charge in [0.25, 0.3) is 0 Å². The largest absolute Gasteiger partial charge is 0.326 e. The zero-order chi connectivity index (χ0) is 14.7. The minimum Gasteiger partial charge on any atom is -0.326 e. The molecule has 0 saturated heterocycles. The summed E-state index contributed by atoms with van der Waals surface area (Å²) in [5, 5.41) is 8.20. The van der Waals surface area contributed by atoms with E-state index in [2.05, 4.69) is 32.1 Å². The first kappa shape index (κ1) is 13.2. The number of imidazole rings is 1. The normalized spacial score (nSPS) is 11.2. The molecule has 0 aliphatic carbocycles. The molecule has 1 aromatic carbocycles. The first-order chi connectivity index (χ1) is 10.2. The molecule has 3 rings (SSSR count). The van der Waals surface area contributed by atoms with Crippen LogP contribution in [0.1, 0.15) is 11.3 Å². The fourth-order valence-electron chi connectivity index (χ4n) is 2.09. The Morgan fingerprint density at radius 1 is 1.33 bits per heavy atom. The molecule has 0 saturated carbocycles. The van der Waals surface area contributed by atoms with Gasteiger partial charge >= 0.3 is 0 Å². The van der Waals surface area contributed by atoms with Gasteiger partial charge in [0.15, 0.2) is 0 Å². The van der Waals surface area contributed by atoms with E-state index in [0.29, 0.717) is 5.95 Å². The van der Waals surface area contributed by atoms with Gasteiger partial charge in [0.2, 0.25) is 5.95 Å². The van der Waals surface area contributed by atoms with Crippen molar-refractivity contribution in [1.29, 1.82) is 5.41 Å². The highest BCUT2D eigenvalue weighted by Crippen LogP contribution is 2.16. The summed E-state index contributed by atoms with van der Waals surface area (Å²) in [7, 11) is 5.21. The quantitative estimate of drug-likeness (QED) is 0.565. The molecule has 21 heavy (non-hydrogen) atoms. The number of hydrogen-bond donors (Lipinski definition) is 2. The van der Waals surface area contributed by atoms with Crippen LogP contribution in [-0.2, 0) is 6.42 Å². The average Bonchev–Trinajstić information content (AvgIpc) is 2.92. The van der Waals surface area contributed by atoms with Crippen molar-refractivity contribution in [3.05, 3.63) is 54.0 Å². The minimum atomic E-state index is -0.102. The van der Waals surface area contributed by atoms with Crippen LogP contribution in [0.15, 0.2) is 47.7 Å². The predicted octanol–water partition coefficient (Wildman–Crippen LogP) is 2.40. The van der Waals surface area contributed by atoms with Crippen LogP contribution in [0.5, 0.6) is 0 Å². The number of nitrogens with zero attached hydrogens (tertiary/aromatic N) is 3. The Balaban J connectivity index is 1.80. The summed E-state index contributed by atoms with van der Waals surface area (Å²) in [5.74, 6) is 0.447. The zero-order valence-corrected chi connectivity index (χ0v) is 11.2. The molecule has 2 aromatic heterocycles. The fourth-order valence-corrected chi connectivity index (χ4v) is 2.09. The molecular formula is C15H12BN5. The second kappa shape index (κ2) is 5.70. The first-order valence-corrected chi connectivity index (χ1v) is 6.46. The van der Waals surface area contributed by atoms with Gasteiger partial charge in [-0.3, -0.25) is 4.98 Å². The average molecular weight is 273 g/mol. The van der Waals surface area contributed by atoms with Crippen molar-refractivity contribution in [3.63, 3.8) is 0 Å². The number of hydrogen-bond acceptors (Lipinski definition) is 4. The Morgan fingerprint density at radius 2 is 2.24 bits per heavy atom. The van der Waals surface area contributed by atoms with Crippen LogP contribution >= 0.6 is 0 Å². The van der Waals surface area contributed by atoms with E-state index in [0.717, 1.165) is 23.0 Å². The summed E-state index contributed by atoms with van der Waals surface area (Å²) in [6.07, 6.45) is 5.51. The molecule has 0 amide bonds. The van der Waals surface area contributed by atoms with E-state index in [4.69, 9.17) is 13.3 Å². The van der Waals surface area contributed by atoms with Gasteiger partial charge in [-0.05, 0) is 29.4 Å². The molecule has 0 unspecified atom stereocenters. The Labute approximate surface area is 123 Å². The van der Waals surface area contributed by atoms with Crippen molar-refractivity contribution >= 4 is 36.5 Å². The summed E-state index contributed by atoms with van der Waals surface area (Å²) in [4.78, 5) is 15.5. The van der Waals surface area contributed by atoms with Gasteiger partial charge in [-0.25, -0.2) is 9.98 Å². The summed E-state index contributed by atoms with van der Waals surface area (Å²) < 4.78 is 0. The number of H-pyrrole nitrogens is 1. The number of nitrogens with one attached hydrogen (secondary N) is 2. The topological polar surface area (TPSA) is 77.8 Å². The third kappa shape index (κ3) is 3.23. The van der Waals surface area contributed by atoms with Gasteiger partial charge in [0, 0.05) is 29.9 Å². The second-order valence-electron chi connectivity index (χ2n) is 4.65. The Hall–Kier alpha value is -2.76. The molecule has 5 nitrogen and oxygen atoms in total. The van der Waals surface area contributed by atoms with Crippen LogP contribution < -0.4 is 0 Å². The molecule has 6 heteroatoms. The van der Waals surface area contributed by atoms with Crippen LogP contribution in [-0.4, -0.2) is 34.6 Å². The third-order valence-electron chi connectivity index (χ3n) is 3.00. The summed E-state index contributed by atoms with van der Waals surface area (Å²) in [6.45, 7) is 0. The molecular weight excluding hydrogens is 261 g/mol. The molecule has 2 radical (unpaired) electrons. The van der Waals surface area contributed by atoms with E-state index in [-0.39, 0.29) is 5.61 Å². The second-order valence-corrected chi connectivity index (χ2v) is 4.65. The number of aromatic amines is 1. The summed E-state index contributed by atoms with van der Waals surface area (Å²) in [6, 6.07) is 10.1. The smallest absolute Gasteiger partial charge is 0.227 e. The van der Waals surface area contributed by atoms with Crippen molar-refractivity contribution in [3.8, 4) is 0 Å². The highest BCUT2D eigenvalue weighted by atomic mass is 15.1. The molecule has 0 spiro atoms. The molecule has 3 aromatic rings. The van der Waals surface area contributed by atoms with Gasteiger partial charge in [0.1, 0.15) is 7.85 Å². The van der Waals surface area contributed by atoms with Gasteiger partial charge in [-0.1, -0.05) is 12.1 Å². The van der Waals surface area contributed by atoms with Crippen molar-refractivity contribution in [2.45, 2.75) is 6.42 Å². The van der Waals surface area contributed by atoms with Crippen molar-refractivity contribution in [2.24, 2.45) is 4.99 Å². The number of fused-ring (bicyclic) bond motifs is 1. The highest BCUT2D eigenvalue weighted by molar-refractivity contribution is 6.74. The Kier molecular flexibility index (Phi) is 3.60. The summed E-state index contributed by atoms with van der Waals surface area (Å²) >= 11 is 0. The lowest BCUT2D eigenvalue weighted by Gasteiger charge is -2.01. The SMILES string of the molecule is [B]C(=N)/C=N\c1ncc(Cc2ccc3ncccc3c2)[nH]1. The number of rotatable bonds is 4. The molecule has 0 aliphatic rings. The standard InChI is InChI=1S/C15H12BN5/c16-14(17)9-20-15-19-8-12(21-15)7-10-3-4-13-11(6-10)2-1-5-18-13/h1-6,8-9,17H,7H2,(H,19,21)/b17-14?,20-9-. The van der Waals surface area contributed by atoms with Crippen LogP contribution in [0.2, 0.25) is 0 Å². The highest BCUT2D eigenvalue weighted by Gasteiger charge is 2.02. The predicted molar refractivity (Wildman–Crippen MR) is 84.8 cm³/mol. The lowest BCUT2D eigenvalue weighted by molar-refractivity contribution is 1.11. The Morgan fingerprint density at radius 3 is 3.10 bits per heavy atom. The van der Waals surface area contributed by atoms with E-state index < -0.39 is 0 Å². The third-order valence-corrected chi connectivity index (χ3v) is 3.00. The minimum absolute atomic E-state index is 0.102. The zero-order valence-electron chi connectivity index (χ0n) is 11.2. The van der Waals surface area contributed by atoms with Gasteiger partial charge in [-0.2, -0.15) is 0 Å². The van der Waals surface area contributed by atoms with Crippen LogP contribution in [0.3, 0.4) is 0 Å². The van der Waals surface area contributed by atoms with Gasteiger partial charge in [-0.15, -0.1) is 0 Å². The molecule has 0 aliphatic heterocycles. The van der Waals surface area contributed by atoms with Crippen LogP contribution in [0.25, 0.3) is 10.9 Å². The van der Waals surface area contributed by atoms with Crippen molar-refractivity contribution in [2.75, 3.05) is 0 Å². The van der Waals surface area contributed by atoms with Gasteiger partial charge < -0.3 is 10.4 Å². The van der Waals surface area contributed by atoms with E-state index in [1.807, 2.05) is 18.2 Å². The van der Waals surface area contributed by atoms with E-state index in [1.54, 1.807) is 12.4 Å². The maximum atomic E-state index is 7.09. The Bertz CT molecular complexity index is 822. The van der Waals surface area contributed by atoms with E-state index in [1.165, 1.54) is 11.8 Å². The molecule has 100 valence electrons. The first-order valence-electron chi connectivity index (χ1n) is 6.46. The lowest BCUT2D eigenvalue weighted by atomic mass is 10.0. The summed E-state index contributed by atoms with van der Waals surface area (Å²) in [5.41, 5.74) is 3.00. The number of aromatic nitrogens is 3. The number of benzene rings is 1. The lowest BCUT2D eigenvalue weighted by Crippen LogP contribution is -1.94. The van der Waals surface area contributed by atoms with Crippen LogP contribution in [0.4, 0.5) is 5.95 Å². The van der Waals surface area contributed by atoms with Gasteiger partial charge in [0.05, 0.1) is 11.7 Å². The molecule has 2 heterocycles. The van der Waals surface area contributed by atoms with Crippen molar-refractivity contribution < 1.29 is 0 Å².